The zero-order valence-corrected chi connectivity index (χ0v) is 12.6. The van der Waals surface area contributed by atoms with Crippen molar-refractivity contribution in [1.29, 1.82) is 0 Å². The van der Waals surface area contributed by atoms with Gasteiger partial charge >= 0.3 is 0 Å². The highest BCUT2D eigenvalue weighted by molar-refractivity contribution is 9.10. The molecule has 2 aromatic rings. The molecule has 0 fully saturated rings. The van der Waals surface area contributed by atoms with E-state index in [1.807, 2.05) is 44.2 Å². The molecule has 0 amide bonds. The van der Waals surface area contributed by atoms with Crippen LogP contribution in [0, 0.1) is 13.8 Å². The van der Waals surface area contributed by atoms with E-state index in [0.717, 1.165) is 26.7 Å². The molecule has 0 aliphatic heterocycles. The Balaban J connectivity index is 2.47. The number of aliphatic hydroxyl groups excluding tert-OH is 1. The van der Waals surface area contributed by atoms with Gasteiger partial charge in [-0.3, -0.25) is 0 Å². The number of hydrogen-bond donors (Lipinski definition) is 1. The summed E-state index contributed by atoms with van der Waals surface area (Å²) >= 11 is 9.64. The molecule has 2 rings (SSSR count). The second-order valence-corrected chi connectivity index (χ2v) is 5.59. The van der Waals surface area contributed by atoms with Crippen LogP contribution >= 0.6 is 27.5 Å². The van der Waals surface area contributed by atoms with Crippen molar-refractivity contribution in [2.75, 3.05) is 0 Å². The van der Waals surface area contributed by atoms with Gasteiger partial charge in [0.25, 0.3) is 0 Å². The molecule has 94 valence electrons. The second kappa shape index (κ2) is 5.43. The Labute approximate surface area is 121 Å². The maximum atomic E-state index is 10.4. The lowest BCUT2D eigenvalue weighted by Gasteiger charge is -2.15. The molecule has 0 heterocycles. The SMILES string of the molecule is Cc1cc(C(O)c2ccccc2Cl)cc(C)c1Br. The molecule has 0 aliphatic carbocycles. The molecule has 0 spiro atoms. The van der Waals surface area contributed by atoms with Gasteiger partial charge in [0, 0.05) is 15.1 Å². The standard InChI is InChI=1S/C15H14BrClO/c1-9-7-11(8-10(2)14(9)16)15(18)12-5-3-4-6-13(12)17/h3-8,15,18H,1-2H3. The smallest absolute Gasteiger partial charge is 0.106 e. The molecule has 18 heavy (non-hydrogen) atoms. The summed E-state index contributed by atoms with van der Waals surface area (Å²) in [4.78, 5) is 0. The molecule has 0 bridgehead atoms. The minimum Gasteiger partial charge on any atom is -0.384 e. The van der Waals surface area contributed by atoms with Crippen LogP contribution in [0.15, 0.2) is 40.9 Å². The maximum absolute atomic E-state index is 10.4. The quantitative estimate of drug-likeness (QED) is 0.841. The Hall–Kier alpha value is -0.830. The van der Waals surface area contributed by atoms with E-state index >= 15 is 0 Å². The summed E-state index contributed by atoms with van der Waals surface area (Å²) in [6.45, 7) is 4.03. The van der Waals surface area contributed by atoms with Gasteiger partial charge in [0.2, 0.25) is 0 Å². The largest absolute Gasteiger partial charge is 0.384 e. The Morgan fingerprint density at radius 3 is 2.22 bits per heavy atom. The summed E-state index contributed by atoms with van der Waals surface area (Å²) in [5, 5.41) is 11.0. The summed E-state index contributed by atoms with van der Waals surface area (Å²) in [5.74, 6) is 0. The molecular formula is C15H14BrClO. The molecule has 0 saturated heterocycles. The number of aliphatic hydroxyl groups is 1. The Morgan fingerprint density at radius 1 is 1.11 bits per heavy atom. The zero-order chi connectivity index (χ0) is 13.3. The zero-order valence-electron chi connectivity index (χ0n) is 10.2. The van der Waals surface area contributed by atoms with Gasteiger partial charge in [-0.2, -0.15) is 0 Å². The van der Waals surface area contributed by atoms with E-state index in [4.69, 9.17) is 11.6 Å². The van der Waals surface area contributed by atoms with Gasteiger partial charge in [0.05, 0.1) is 0 Å². The van der Waals surface area contributed by atoms with Crippen molar-refractivity contribution in [2.24, 2.45) is 0 Å². The third-order valence-corrected chi connectivity index (χ3v) is 4.57. The first-order chi connectivity index (χ1) is 8.50. The molecule has 1 atom stereocenters. The topological polar surface area (TPSA) is 20.2 Å². The van der Waals surface area contributed by atoms with E-state index in [1.54, 1.807) is 6.07 Å². The van der Waals surface area contributed by atoms with Gasteiger partial charge in [-0.25, -0.2) is 0 Å². The van der Waals surface area contributed by atoms with E-state index in [9.17, 15) is 5.11 Å². The molecule has 1 nitrogen and oxygen atoms in total. The summed E-state index contributed by atoms with van der Waals surface area (Å²) in [6.07, 6.45) is -0.691. The van der Waals surface area contributed by atoms with Crippen molar-refractivity contribution < 1.29 is 5.11 Å². The summed E-state index contributed by atoms with van der Waals surface area (Å²) in [7, 11) is 0. The first kappa shape index (κ1) is 13.6. The van der Waals surface area contributed by atoms with Gasteiger partial charge in [0.1, 0.15) is 6.10 Å². The number of aryl methyl sites for hydroxylation is 2. The third-order valence-electron chi connectivity index (χ3n) is 2.97. The lowest BCUT2D eigenvalue weighted by atomic mass is 9.98. The fourth-order valence-electron chi connectivity index (χ4n) is 2.01. The van der Waals surface area contributed by atoms with Crippen molar-refractivity contribution in [3.8, 4) is 0 Å². The first-order valence-corrected chi connectivity index (χ1v) is 6.87. The van der Waals surface area contributed by atoms with Crippen molar-refractivity contribution in [1.82, 2.24) is 0 Å². The van der Waals surface area contributed by atoms with E-state index in [2.05, 4.69) is 15.9 Å². The van der Waals surface area contributed by atoms with Crippen LogP contribution < -0.4 is 0 Å². The average molecular weight is 326 g/mol. The van der Waals surface area contributed by atoms with Gasteiger partial charge in [-0.15, -0.1) is 0 Å². The van der Waals surface area contributed by atoms with Crippen molar-refractivity contribution >= 4 is 27.5 Å². The molecule has 0 radical (unpaired) electrons. The number of rotatable bonds is 2. The van der Waals surface area contributed by atoms with E-state index in [-0.39, 0.29) is 0 Å². The monoisotopic (exact) mass is 324 g/mol. The number of halogens is 2. The maximum Gasteiger partial charge on any atom is 0.106 e. The lowest BCUT2D eigenvalue weighted by Crippen LogP contribution is -2.02. The van der Waals surface area contributed by atoms with Crippen molar-refractivity contribution in [2.45, 2.75) is 20.0 Å². The molecule has 3 heteroatoms. The lowest BCUT2D eigenvalue weighted by molar-refractivity contribution is 0.220. The Kier molecular flexibility index (Phi) is 4.10. The van der Waals surface area contributed by atoms with E-state index < -0.39 is 6.10 Å². The van der Waals surface area contributed by atoms with Crippen LogP contribution in [0.1, 0.15) is 28.4 Å². The van der Waals surface area contributed by atoms with Crippen LogP contribution in [0.4, 0.5) is 0 Å². The average Bonchev–Trinajstić information content (AvgIpc) is 2.35. The van der Waals surface area contributed by atoms with Crippen molar-refractivity contribution in [3.05, 3.63) is 68.1 Å². The molecule has 0 aromatic heterocycles. The fourth-order valence-corrected chi connectivity index (χ4v) is 2.48. The minimum atomic E-state index is -0.691. The van der Waals surface area contributed by atoms with Crippen LogP contribution in [0.25, 0.3) is 0 Å². The normalized spacial score (nSPS) is 12.5. The molecular weight excluding hydrogens is 312 g/mol. The van der Waals surface area contributed by atoms with Crippen LogP contribution in [0.5, 0.6) is 0 Å². The van der Waals surface area contributed by atoms with Gasteiger partial charge < -0.3 is 5.11 Å². The highest BCUT2D eigenvalue weighted by atomic mass is 79.9. The number of hydrogen-bond acceptors (Lipinski definition) is 1. The van der Waals surface area contributed by atoms with Crippen LogP contribution in [-0.2, 0) is 0 Å². The van der Waals surface area contributed by atoms with E-state index in [0.29, 0.717) is 5.02 Å². The fraction of sp³-hybridized carbons (Fsp3) is 0.200. The highest BCUT2D eigenvalue weighted by Gasteiger charge is 2.15. The highest BCUT2D eigenvalue weighted by Crippen LogP contribution is 2.31. The van der Waals surface area contributed by atoms with Gasteiger partial charge in [0.15, 0.2) is 0 Å². The molecule has 1 unspecified atom stereocenters. The summed E-state index contributed by atoms with van der Waals surface area (Å²) in [5.41, 5.74) is 3.81. The second-order valence-electron chi connectivity index (χ2n) is 4.39. The molecule has 0 aliphatic rings. The Bertz CT molecular complexity index is 557. The predicted molar refractivity (Wildman–Crippen MR) is 79.1 cm³/mol. The predicted octanol–water partition coefficient (Wildman–Crippen LogP) is 4.80. The summed E-state index contributed by atoms with van der Waals surface area (Å²) < 4.78 is 1.08. The molecule has 2 aromatic carbocycles. The van der Waals surface area contributed by atoms with Gasteiger partial charge in [-0.1, -0.05) is 57.9 Å². The first-order valence-electron chi connectivity index (χ1n) is 5.70. The van der Waals surface area contributed by atoms with Crippen LogP contribution in [-0.4, -0.2) is 5.11 Å². The third kappa shape index (κ3) is 2.61. The summed E-state index contributed by atoms with van der Waals surface area (Å²) in [6, 6.07) is 11.3. The molecule has 0 saturated carbocycles. The molecule has 1 N–H and O–H groups in total. The van der Waals surface area contributed by atoms with Crippen molar-refractivity contribution in [3.63, 3.8) is 0 Å². The minimum absolute atomic E-state index is 0.586. The number of benzene rings is 2. The van der Waals surface area contributed by atoms with E-state index in [1.165, 1.54) is 0 Å². The van der Waals surface area contributed by atoms with Crippen LogP contribution in [0.3, 0.4) is 0 Å². The Morgan fingerprint density at radius 2 is 1.67 bits per heavy atom. The van der Waals surface area contributed by atoms with Gasteiger partial charge in [-0.05, 0) is 36.6 Å². The van der Waals surface area contributed by atoms with Crippen LogP contribution in [0.2, 0.25) is 5.02 Å².